The molecular weight excluding hydrogens is 295 g/mol. The third-order valence-corrected chi connectivity index (χ3v) is 3.87. The number of halogens is 2. The van der Waals surface area contributed by atoms with Crippen molar-refractivity contribution < 1.29 is 9.18 Å². The molecule has 0 aliphatic carbocycles. The Hall–Kier alpha value is -2.14. The zero-order chi connectivity index (χ0) is 15.2. The number of hydrogen-bond acceptors (Lipinski definition) is 2. The molecule has 0 fully saturated rings. The number of nitrogens with one attached hydrogen (secondary N) is 1. The fraction of sp³-hybridized carbons (Fsp3) is 0.200. The van der Waals surface area contributed by atoms with Crippen LogP contribution in [0.1, 0.15) is 23.0 Å². The highest BCUT2D eigenvalue weighted by Crippen LogP contribution is 2.26. The summed E-state index contributed by atoms with van der Waals surface area (Å²) < 4.78 is 14.6. The Morgan fingerprint density at radius 1 is 1.29 bits per heavy atom. The van der Waals surface area contributed by atoms with Crippen molar-refractivity contribution in [2.24, 2.45) is 0 Å². The topological polar surface area (TPSA) is 51.1 Å². The van der Waals surface area contributed by atoms with Crippen molar-refractivity contribution in [1.29, 1.82) is 0 Å². The van der Waals surface area contributed by atoms with E-state index in [1.165, 1.54) is 28.8 Å². The second kappa shape index (κ2) is 4.70. The quantitative estimate of drug-likeness (QED) is 0.925. The molecule has 6 heteroatoms. The Morgan fingerprint density at radius 2 is 2.05 bits per heavy atom. The summed E-state index contributed by atoms with van der Waals surface area (Å²) in [5, 5.41) is 2.82. The molecule has 1 atom stereocenters. The molecule has 108 valence electrons. The molecule has 1 aliphatic rings. The number of carbonyl (C=O) groups excluding carboxylic acids is 1. The molecule has 0 saturated carbocycles. The van der Waals surface area contributed by atoms with E-state index in [1.54, 1.807) is 19.1 Å². The average molecular weight is 307 g/mol. The largest absolute Gasteiger partial charge is 0.327 e. The molecule has 1 aromatic carbocycles. The molecule has 1 amide bonds. The summed E-state index contributed by atoms with van der Waals surface area (Å²) in [4.78, 5) is 24.3. The minimum Gasteiger partial charge on any atom is -0.327 e. The van der Waals surface area contributed by atoms with Crippen LogP contribution in [-0.2, 0) is 12.1 Å². The van der Waals surface area contributed by atoms with Crippen LogP contribution in [-0.4, -0.2) is 10.5 Å². The lowest BCUT2D eigenvalue weighted by Gasteiger charge is -2.27. The van der Waals surface area contributed by atoms with E-state index in [2.05, 4.69) is 5.32 Å². The van der Waals surface area contributed by atoms with Crippen molar-refractivity contribution in [3.63, 3.8) is 0 Å². The van der Waals surface area contributed by atoms with Gasteiger partial charge >= 0.3 is 0 Å². The summed E-state index contributed by atoms with van der Waals surface area (Å²) in [6.07, 6.45) is 0.281. The van der Waals surface area contributed by atoms with Gasteiger partial charge in [-0.2, -0.15) is 0 Å². The zero-order valence-corrected chi connectivity index (χ0v) is 11.9. The Kier molecular flexibility index (Phi) is 3.10. The first kappa shape index (κ1) is 13.8. The van der Waals surface area contributed by atoms with Crippen molar-refractivity contribution in [2.75, 3.05) is 0 Å². The molecule has 1 aliphatic heterocycles. The lowest BCUT2D eigenvalue weighted by atomic mass is 10.0. The van der Waals surface area contributed by atoms with Crippen molar-refractivity contribution in [2.45, 2.75) is 19.0 Å². The average Bonchev–Trinajstić information content (AvgIpc) is 2.65. The van der Waals surface area contributed by atoms with E-state index >= 15 is 0 Å². The molecule has 21 heavy (non-hydrogen) atoms. The van der Waals surface area contributed by atoms with Gasteiger partial charge in [0, 0.05) is 6.42 Å². The van der Waals surface area contributed by atoms with E-state index in [0.717, 1.165) is 0 Å². The van der Waals surface area contributed by atoms with Gasteiger partial charge in [0.2, 0.25) is 0 Å². The van der Waals surface area contributed by atoms with Gasteiger partial charge in [-0.25, -0.2) is 4.39 Å². The predicted molar refractivity (Wildman–Crippen MR) is 76.9 cm³/mol. The molecule has 2 heterocycles. The maximum atomic E-state index is 13.3. The van der Waals surface area contributed by atoms with Crippen LogP contribution < -0.4 is 10.9 Å². The predicted octanol–water partition coefficient (Wildman–Crippen LogP) is 2.30. The summed E-state index contributed by atoms with van der Waals surface area (Å²) in [7, 11) is 0. The van der Waals surface area contributed by atoms with Gasteiger partial charge in [0.25, 0.3) is 11.5 Å². The Labute approximate surface area is 125 Å². The van der Waals surface area contributed by atoms with Crippen molar-refractivity contribution in [1.82, 2.24) is 9.88 Å². The molecule has 3 rings (SSSR count). The lowest BCUT2D eigenvalue weighted by Crippen LogP contribution is -2.46. The van der Waals surface area contributed by atoms with Gasteiger partial charge in [0.15, 0.2) is 0 Å². The molecule has 4 nitrogen and oxygen atoms in total. The third-order valence-electron chi connectivity index (χ3n) is 3.58. The van der Waals surface area contributed by atoms with Crippen LogP contribution >= 0.6 is 11.6 Å². The summed E-state index contributed by atoms with van der Waals surface area (Å²) in [5.74, 6) is -0.707. The maximum absolute atomic E-state index is 13.3. The van der Waals surface area contributed by atoms with E-state index in [4.69, 9.17) is 11.6 Å². The van der Waals surface area contributed by atoms with E-state index < -0.39 is 11.2 Å². The number of carbonyl (C=O) groups is 1. The number of nitrogens with zero attached hydrogens (tertiary/aromatic N) is 1. The number of aromatic nitrogens is 1. The first-order valence-electron chi connectivity index (χ1n) is 6.40. The van der Waals surface area contributed by atoms with Crippen LogP contribution in [0.2, 0.25) is 5.02 Å². The molecule has 2 aromatic rings. The number of fused-ring (bicyclic) bond motifs is 1. The summed E-state index contributed by atoms with van der Waals surface area (Å²) in [5.41, 5.74) is -0.477. The monoisotopic (exact) mass is 306 g/mol. The summed E-state index contributed by atoms with van der Waals surface area (Å²) >= 11 is 5.86. The highest BCUT2D eigenvalue weighted by Gasteiger charge is 2.39. The molecule has 1 aromatic heterocycles. The molecule has 1 N–H and O–H groups in total. The minimum atomic E-state index is -0.970. The number of hydrogen-bond donors (Lipinski definition) is 1. The van der Waals surface area contributed by atoms with E-state index in [1.807, 2.05) is 0 Å². The van der Waals surface area contributed by atoms with E-state index in [-0.39, 0.29) is 28.9 Å². The van der Waals surface area contributed by atoms with Gasteiger partial charge in [-0.15, -0.1) is 0 Å². The molecule has 1 unspecified atom stereocenters. The van der Waals surface area contributed by atoms with Crippen LogP contribution in [0.4, 0.5) is 4.39 Å². The highest BCUT2D eigenvalue weighted by molar-refractivity contribution is 6.30. The number of rotatable bonds is 2. The van der Waals surface area contributed by atoms with Gasteiger partial charge in [-0.3, -0.25) is 14.2 Å². The van der Waals surface area contributed by atoms with Crippen molar-refractivity contribution >= 4 is 17.5 Å². The summed E-state index contributed by atoms with van der Waals surface area (Å²) in [6.45, 7) is 1.71. The molecule has 0 radical (unpaired) electrons. The van der Waals surface area contributed by atoms with Crippen molar-refractivity contribution in [3.8, 4) is 0 Å². The smallest absolute Gasteiger partial charge is 0.271 e. The van der Waals surface area contributed by atoms with Gasteiger partial charge < -0.3 is 5.32 Å². The lowest BCUT2D eigenvalue weighted by molar-refractivity contribution is 0.0927. The molecule has 0 bridgehead atoms. The standard InChI is InChI=1S/C15H12ClFN2O2/c1-15(8-9-3-2-4-10(17)7-9)18-13(20)12-6-5-11(16)14(21)19(12)15/h2-7H,8H2,1H3,(H,18,20). The van der Waals surface area contributed by atoms with Gasteiger partial charge in [-0.05, 0) is 36.8 Å². The zero-order valence-electron chi connectivity index (χ0n) is 11.2. The fourth-order valence-corrected chi connectivity index (χ4v) is 2.86. The van der Waals surface area contributed by atoms with Crippen LogP contribution in [0.3, 0.4) is 0 Å². The molecular formula is C15H12ClFN2O2. The number of amides is 1. The Morgan fingerprint density at radius 3 is 2.76 bits per heavy atom. The molecule has 0 saturated heterocycles. The van der Waals surface area contributed by atoms with Crippen molar-refractivity contribution in [3.05, 3.63) is 68.8 Å². The van der Waals surface area contributed by atoms with Crippen LogP contribution in [0.25, 0.3) is 0 Å². The normalized spacial score (nSPS) is 20.2. The van der Waals surface area contributed by atoms with Gasteiger partial charge in [0.05, 0.1) is 0 Å². The highest BCUT2D eigenvalue weighted by atomic mass is 35.5. The second-order valence-electron chi connectivity index (χ2n) is 5.24. The number of benzene rings is 1. The maximum Gasteiger partial charge on any atom is 0.271 e. The van der Waals surface area contributed by atoms with E-state index in [9.17, 15) is 14.0 Å². The molecule has 0 spiro atoms. The van der Waals surface area contributed by atoms with Gasteiger partial charge in [-0.1, -0.05) is 23.7 Å². The minimum absolute atomic E-state index is 0.0423. The van der Waals surface area contributed by atoms with Gasteiger partial charge in [0.1, 0.15) is 22.2 Å². The van der Waals surface area contributed by atoms with E-state index in [0.29, 0.717) is 5.56 Å². The Bertz CT molecular complexity index is 803. The SMILES string of the molecule is CC1(Cc2cccc(F)c2)NC(=O)c2ccc(Cl)c(=O)n21. The number of pyridine rings is 1. The summed E-state index contributed by atoms with van der Waals surface area (Å²) in [6, 6.07) is 8.97. The fourth-order valence-electron chi connectivity index (χ4n) is 2.71. The third kappa shape index (κ3) is 2.23. The van der Waals surface area contributed by atoms with Crippen LogP contribution in [0.15, 0.2) is 41.2 Å². The second-order valence-corrected chi connectivity index (χ2v) is 5.65. The van der Waals surface area contributed by atoms with Crippen LogP contribution in [0, 0.1) is 5.82 Å². The van der Waals surface area contributed by atoms with Crippen LogP contribution in [0.5, 0.6) is 0 Å². The first-order chi connectivity index (χ1) is 9.90. The Balaban J connectivity index is 2.11. The first-order valence-corrected chi connectivity index (χ1v) is 6.77.